The number of rotatable bonds is 2. The highest BCUT2D eigenvalue weighted by molar-refractivity contribution is 14.1. The fourth-order valence-corrected chi connectivity index (χ4v) is 2.15. The van der Waals surface area contributed by atoms with Crippen molar-refractivity contribution in [2.75, 3.05) is 0 Å². The number of nitrogens with zero attached hydrogens (tertiary/aromatic N) is 3. The molecular weight excluding hydrogens is 376 g/mol. The largest absolute Gasteiger partial charge is 0.294 e. The van der Waals surface area contributed by atoms with Gasteiger partial charge in [0, 0.05) is 11.8 Å². The van der Waals surface area contributed by atoms with Crippen LogP contribution in [0.25, 0.3) is 0 Å². The van der Waals surface area contributed by atoms with Crippen molar-refractivity contribution in [2.24, 2.45) is 0 Å². The van der Waals surface area contributed by atoms with E-state index in [2.05, 4.69) is 9.97 Å². The molecule has 0 amide bonds. The third-order valence-electron chi connectivity index (χ3n) is 2.09. The van der Waals surface area contributed by atoms with Crippen LogP contribution in [0.15, 0.2) is 29.5 Å². The smallest absolute Gasteiger partial charge is 0.267 e. The zero-order valence-electron chi connectivity index (χ0n) is 8.40. The minimum absolute atomic E-state index is 0.105. The van der Waals surface area contributed by atoms with Crippen LogP contribution in [-0.2, 0) is 6.54 Å². The van der Waals surface area contributed by atoms with Crippen molar-refractivity contribution in [3.63, 3.8) is 0 Å². The number of aromatic nitrogens is 3. The highest BCUT2D eigenvalue weighted by Gasteiger charge is 2.06. The molecule has 7 heteroatoms. The molecule has 0 aliphatic carbocycles. The number of hydrogen-bond donors (Lipinski definition) is 0. The molecule has 0 aliphatic rings. The van der Waals surface area contributed by atoms with E-state index in [4.69, 9.17) is 23.2 Å². The number of halogens is 3. The lowest BCUT2D eigenvalue weighted by Gasteiger charge is -2.06. The van der Waals surface area contributed by atoms with Crippen molar-refractivity contribution < 1.29 is 0 Å². The van der Waals surface area contributed by atoms with E-state index >= 15 is 0 Å². The zero-order valence-corrected chi connectivity index (χ0v) is 12.1. The summed E-state index contributed by atoms with van der Waals surface area (Å²) in [6, 6.07) is 3.37. The van der Waals surface area contributed by atoms with Gasteiger partial charge >= 0.3 is 0 Å². The van der Waals surface area contributed by atoms with Gasteiger partial charge in [0.15, 0.2) is 0 Å². The predicted octanol–water partition coefficient (Wildman–Crippen LogP) is 2.60. The SMILES string of the molecule is O=c1c(I)cncn1Cc1ccc(Cl)nc1Cl. The van der Waals surface area contributed by atoms with Crippen molar-refractivity contribution in [1.29, 1.82) is 0 Å². The van der Waals surface area contributed by atoms with Crippen LogP contribution in [0.3, 0.4) is 0 Å². The first-order valence-electron chi connectivity index (χ1n) is 4.59. The summed E-state index contributed by atoms with van der Waals surface area (Å²) in [5.74, 6) is 0. The molecule has 0 saturated heterocycles. The molecule has 0 spiro atoms. The summed E-state index contributed by atoms with van der Waals surface area (Å²) in [6.45, 7) is 0.325. The molecule has 0 aliphatic heterocycles. The Kier molecular flexibility index (Phi) is 4.01. The molecule has 0 saturated carbocycles. The summed E-state index contributed by atoms with van der Waals surface area (Å²) < 4.78 is 2.03. The van der Waals surface area contributed by atoms with E-state index in [1.54, 1.807) is 12.1 Å². The summed E-state index contributed by atoms with van der Waals surface area (Å²) in [4.78, 5) is 19.6. The minimum Gasteiger partial charge on any atom is -0.294 e. The molecule has 2 heterocycles. The molecule has 2 rings (SSSR count). The van der Waals surface area contributed by atoms with Gasteiger partial charge in [0.2, 0.25) is 0 Å². The van der Waals surface area contributed by atoms with E-state index in [1.807, 2.05) is 22.6 Å². The average Bonchev–Trinajstić information content (AvgIpc) is 2.28. The van der Waals surface area contributed by atoms with Crippen LogP contribution in [0.2, 0.25) is 10.3 Å². The number of pyridine rings is 1. The summed E-state index contributed by atoms with van der Waals surface area (Å²) in [7, 11) is 0. The lowest BCUT2D eigenvalue weighted by molar-refractivity contribution is 0.728. The van der Waals surface area contributed by atoms with Crippen molar-refractivity contribution in [2.45, 2.75) is 6.54 Å². The van der Waals surface area contributed by atoms with Crippen LogP contribution < -0.4 is 5.56 Å². The maximum absolute atomic E-state index is 11.8. The minimum atomic E-state index is -0.105. The summed E-state index contributed by atoms with van der Waals surface area (Å²) in [5.41, 5.74) is 0.619. The average molecular weight is 382 g/mol. The standard InChI is InChI=1S/C10H6Cl2IN3O/c11-8-2-1-6(9(12)15-8)4-16-5-14-3-7(13)10(16)17/h1-3,5H,4H2. The van der Waals surface area contributed by atoms with Crippen LogP contribution >= 0.6 is 45.8 Å². The van der Waals surface area contributed by atoms with Gasteiger partial charge < -0.3 is 0 Å². The third-order valence-corrected chi connectivity index (χ3v) is 3.37. The first-order valence-corrected chi connectivity index (χ1v) is 6.42. The monoisotopic (exact) mass is 381 g/mol. The fraction of sp³-hybridized carbons (Fsp3) is 0.100. The second-order valence-corrected chi connectivity index (χ2v) is 5.17. The third kappa shape index (κ3) is 2.97. The van der Waals surface area contributed by atoms with E-state index in [1.165, 1.54) is 17.1 Å². The first-order chi connectivity index (χ1) is 8.08. The van der Waals surface area contributed by atoms with Crippen molar-refractivity contribution in [3.8, 4) is 0 Å². The van der Waals surface area contributed by atoms with Gasteiger partial charge in [0.05, 0.1) is 16.4 Å². The molecule has 0 fully saturated rings. The van der Waals surface area contributed by atoms with Crippen molar-refractivity contribution in [3.05, 3.63) is 54.5 Å². The first kappa shape index (κ1) is 12.8. The summed E-state index contributed by atoms with van der Waals surface area (Å²) in [5, 5.41) is 0.620. The van der Waals surface area contributed by atoms with Crippen LogP contribution in [0, 0.1) is 3.57 Å². The van der Waals surface area contributed by atoms with Gasteiger partial charge in [-0.05, 0) is 28.7 Å². The Morgan fingerprint density at radius 2 is 2.12 bits per heavy atom. The Morgan fingerprint density at radius 1 is 1.35 bits per heavy atom. The molecule has 0 aromatic carbocycles. The zero-order chi connectivity index (χ0) is 12.4. The molecule has 0 atom stereocenters. The van der Waals surface area contributed by atoms with E-state index in [-0.39, 0.29) is 5.56 Å². The lowest BCUT2D eigenvalue weighted by Crippen LogP contribution is -2.23. The highest BCUT2D eigenvalue weighted by Crippen LogP contribution is 2.17. The van der Waals surface area contributed by atoms with E-state index in [0.717, 1.165) is 5.56 Å². The van der Waals surface area contributed by atoms with Gasteiger partial charge in [-0.25, -0.2) is 9.97 Å². The van der Waals surface area contributed by atoms with Crippen LogP contribution in [0.5, 0.6) is 0 Å². The van der Waals surface area contributed by atoms with Gasteiger partial charge in [0.25, 0.3) is 5.56 Å². The van der Waals surface area contributed by atoms with E-state index < -0.39 is 0 Å². The molecule has 0 bridgehead atoms. The second-order valence-electron chi connectivity index (χ2n) is 3.26. The Balaban J connectivity index is 2.38. The fourth-order valence-electron chi connectivity index (χ4n) is 1.28. The summed E-state index contributed by atoms with van der Waals surface area (Å²) >= 11 is 13.6. The van der Waals surface area contributed by atoms with E-state index in [9.17, 15) is 4.79 Å². The molecule has 4 nitrogen and oxygen atoms in total. The Hall–Kier alpha value is -0.660. The van der Waals surface area contributed by atoms with Crippen LogP contribution in [0.4, 0.5) is 0 Å². The van der Waals surface area contributed by atoms with Crippen molar-refractivity contribution in [1.82, 2.24) is 14.5 Å². The quantitative estimate of drug-likeness (QED) is 0.593. The van der Waals surface area contributed by atoms with Crippen LogP contribution in [0.1, 0.15) is 5.56 Å². The molecule has 0 unspecified atom stereocenters. The van der Waals surface area contributed by atoms with Gasteiger partial charge in [-0.1, -0.05) is 29.3 Å². The van der Waals surface area contributed by atoms with Gasteiger partial charge in [-0.15, -0.1) is 0 Å². The predicted molar refractivity (Wildman–Crippen MR) is 74.6 cm³/mol. The molecule has 0 radical (unpaired) electrons. The Morgan fingerprint density at radius 3 is 2.82 bits per heavy atom. The molecule has 0 N–H and O–H groups in total. The number of hydrogen-bond acceptors (Lipinski definition) is 3. The molecule has 2 aromatic heterocycles. The Bertz CT molecular complexity index is 615. The van der Waals surface area contributed by atoms with Gasteiger partial charge in [-0.3, -0.25) is 9.36 Å². The summed E-state index contributed by atoms with van der Waals surface area (Å²) in [6.07, 6.45) is 2.98. The van der Waals surface area contributed by atoms with Crippen molar-refractivity contribution >= 4 is 45.8 Å². The second kappa shape index (κ2) is 5.32. The van der Waals surface area contributed by atoms with Gasteiger partial charge in [0.1, 0.15) is 10.3 Å². The highest BCUT2D eigenvalue weighted by atomic mass is 127. The molecule has 2 aromatic rings. The van der Waals surface area contributed by atoms with Gasteiger partial charge in [-0.2, -0.15) is 0 Å². The lowest BCUT2D eigenvalue weighted by atomic mass is 10.3. The Labute approximate surface area is 121 Å². The normalized spacial score (nSPS) is 10.5. The van der Waals surface area contributed by atoms with E-state index in [0.29, 0.717) is 20.4 Å². The molecule has 17 heavy (non-hydrogen) atoms. The topological polar surface area (TPSA) is 47.8 Å². The maximum Gasteiger partial charge on any atom is 0.267 e. The molecule has 88 valence electrons. The van der Waals surface area contributed by atoms with Crippen LogP contribution in [-0.4, -0.2) is 14.5 Å². The maximum atomic E-state index is 11.8. The molecular formula is C10H6Cl2IN3O.